The largest absolute Gasteiger partial charge is 0.462 e. The first-order valence-corrected chi connectivity index (χ1v) is 13.9. The van der Waals surface area contributed by atoms with Gasteiger partial charge >= 0.3 is 23.9 Å². The van der Waals surface area contributed by atoms with E-state index in [9.17, 15) is 19.2 Å². The molecule has 0 aliphatic heterocycles. The van der Waals surface area contributed by atoms with E-state index in [0.717, 1.165) is 22.3 Å². The number of rotatable bonds is 8. The molecule has 0 fully saturated rings. The summed E-state index contributed by atoms with van der Waals surface area (Å²) in [5.74, 6) is -1.23. The van der Waals surface area contributed by atoms with Gasteiger partial charge in [-0.25, -0.2) is 19.2 Å². The fourth-order valence-corrected chi connectivity index (χ4v) is 5.07. The number of carbonyl (C=O) groups excluding carboxylic acids is 4. The summed E-state index contributed by atoms with van der Waals surface area (Å²) in [4.78, 5) is 49.5. The molecule has 1 aliphatic rings. The SMILES string of the molecule is CCOC(=O)c1ccc(C(=O)Oc2ccc3c(c2)C(C)(C)c2cc(OC(=O)c4ccc(C(=O)OCC)cc4)ccc2-3)cc1. The first-order valence-electron chi connectivity index (χ1n) is 13.9. The number of hydrogen-bond donors (Lipinski definition) is 0. The van der Waals surface area contributed by atoms with Gasteiger partial charge in [0.1, 0.15) is 11.5 Å². The third-order valence-corrected chi connectivity index (χ3v) is 7.30. The van der Waals surface area contributed by atoms with Crippen molar-refractivity contribution in [1.29, 1.82) is 0 Å². The maximum absolute atomic E-state index is 12.8. The highest BCUT2D eigenvalue weighted by Gasteiger charge is 2.36. The van der Waals surface area contributed by atoms with Crippen LogP contribution < -0.4 is 9.47 Å². The number of fused-ring (bicyclic) bond motifs is 3. The molecule has 218 valence electrons. The topological polar surface area (TPSA) is 105 Å². The molecular formula is C35H30O8. The van der Waals surface area contributed by atoms with Crippen LogP contribution in [0.15, 0.2) is 84.9 Å². The highest BCUT2D eigenvalue weighted by Crippen LogP contribution is 2.50. The summed E-state index contributed by atoms with van der Waals surface area (Å²) in [6, 6.07) is 23.2. The summed E-state index contributed by atoms with van der Waals surface area (Å²) in [7, 11) is 0. The maximum Gasteiger partial charge on any atom is 0.343 e. The van der Waals surface area contributed by atoms with Crippen molar-refractivity contribution in [2.24, 2.45) is 0 Å². The molecule has 0 spiro atoms. The van der Waals surface area contributed by atoms with E-state index in [1.165, 1.54) is 48.5 Å². The Morgan fingerprint density at radius 1 is 0.512 bits per heavy atom. The molecule has 5 rings (SSSR count). The average molecular weight is 579 g/mol. The molecule has 0 atom stereocenters. The number of benzene rings is 4. The Morgan fingerprint density at radius 3 is 1.16 bits per heavy atom. The minimum absolute atomic E-state index is 0.266. The lowest BCUT2D eigenvalue weighted by Crippen LogP contribution is -2.16. The van der Waals surface area contributed by atoms with Gasteiger partial charge in [0.05, 0.1) is 35.5 Å². The van der Waals surface area contributed by atoms with Gasteiger partial charge in [0.25, 0.3) is 0 Å². The van der Waals surface area contributed by atoms with Crippen LogP contribution in [-0.4, -0.2) is 37.1 Å². The Kier molecular flexibility index (Phi) is 8.12. The second-order valence-corrected chi connectivity index (χ2v) is 10.4. The molecule has 0 heterocycles. The van der Waals surface area contributed by atoms with Gasteiger partial charge in [-0.2, -0.15) is 0 Å². The lowest BCUT2D eigenvalue weighted by atomic mass is 9.82. The smallest absolute Gasteiger partial charge is 0.343 e. The van der Waals surface area contributed by atoms with E-state index in [2.05, 4.69) is 13.8 Å². The Bertz CT molecular complexity index is 1590. The molecule has 8 nitrogen and oxygen atoms in total. The highest BCUT2D eigenvalue weighted by molar-refractivity contribution is 5.95. The van der Waals surface area contributed by atoms with Crippen LogP contribution in [0, 0.1) is 0 Å². The summed E-state index contributed by atoms with van der Waals surface area (Å²) >= 11 is 0. The van der Waals surface area contributed by atoms with Crippen molar-refractivity contribution in [1.82, 2.24) is 0 Å². The molecule has 4 aromatic rings. The zero-order valence-corrected chi connectivity index (χ0v) is 24.3. The minimum atomic E-state index is -0.548. The van der Waals surface area contributed by atoms with Crippen LogP contribution in [0.3, 0.4) is 0 Å². The van der Waals surface area contributed by atoms with Crippen LogP contribution in [0.25, 0.3) is 11.1 Å². The van der Waals surface area contributed by atoms with Crippen LogP contribution >= 0.6 is 0 Å². The summed E-state index contributed by atoms with van der Waals surface area (Å²) in [5.41, 5.74) is 4.75. The van der Waals surface area contributed by atoms with Crippen LogP contribution in [-0.2, 0) is 14.9 Å². The fourth-order valence-electron chi connectivity index (χ4n) is 5.07. The number of esters is 4. The standard InChI is InChI=1S/C35H30O8/c1-5-40-31(36)21-7-11-23(12-8-21)33(38)42-25-15-17-27-28-18-16-26(20-30(28)35(3,4)29(27)19-25)43-34(39)24-13-9-22(10-14-24)32(37)41-6-2/h7-20H,5-6H2,1-4H3. The second kappa shape index (κ2) is 11.9. The Morgan fingerprint density at radius 2 is 0.837 bits per heavy atom. The number of carbonyl (C=O) groups is 4. The molecule has 0 saturated carbocycles. The van der Waals surface area contributed by atoms with Crippen LogP contribution in [0.4, 0.5) is 0 Å². The molecule has 43 heavy (non-hydrogen) atoms. The van der Waals surface area contributed by atoms with Crippen LogP contribution in [0.5, 0.6) is 11.5 Å². The van der Waals surface area contributed by atoms with Crippen molar-refractivity contribution in [3.63, 3.8) is 0 Å². The van der Waals surface area contributed by atoms with Gasteiger partial charge in [-0.15, -0.1) is 0 Å². The molecule has 8 heteroatoms. The summed E-state index contributed by atoms with van der Waals surface area (Å²) in [5, 5.41) is 0. The molecule has 1 aliphatic carbocycles. The van der Waals surface area contributed by atoms with E-state index in [1.54, 1.807) is 26.0 Å². The van der Waals surface area contributed by atoms with Crippen molar-refractivity contribution >= 4 is 23.9 Å². The first kappa shape index (κ1) is 29.3. The molecule has 4 aromatic carbocycles. The molecule has 0 amide bonds. The van der Waals surface area contributed by atoms with Crippen molar-refractivity contribution in [3.05, 3.63) is 118 Å². The summed E-state index contributed by atoms with van der Waals surface area (Å²) in [6.07, 6.45) is 0. The number of ether oxygens (including phenoxy) is 4. The first-order chi connectivity index (χ1) is 20.6. The molecule has 0 aromatic heterocycles. The Balaban J connectivity index is 1.31. The van der Waals surface area contributed by atoms with Crippen LogP contribution in [0.2, 0.25) is 0 Å². The fraction of sp³-hybridized carbons (Fsp3) is 0.200. The van der Waals surface area contributed by atoms with E-state index in [4.69, 9.17) is 18.9 Å². The predicted molar refractivity (Wildman–Crippen MR) is 159 cm³/mol. The Hall–Kier alpha value is -5.24. The highest BCUT2D eigenvalue weighted by atomic mass is 16.5. The molecular weight excluding hydrogens is 548 g/mol. The zero-order valence-electron chi connectivity index (χ0n) is 24.3. The van der Waals surface area contributed by atoms with Gasteiger partial charge in [0, 0.05) is 5.41 Å². The summed E-state index contributed by atoms with van der Waals surface area (Å²) in [6.45, 7) is 8.09. The third kappa shape index (κ3) is 5.90. The van der Waals surface area contributed by atoms with Gasteiger partial charge in [-0.1, -0.05) is 26.0 Å². The van der Waals surface area contributed by atoms with Gasteiger partial charge in [-0.3, -0.25) is 0 Å². The maximum atomic E-state index is 12.8. The summed E-state index contributed by atoms with van der Waals surface area (Å²) < 4.78 is 21.3. The van der Waals surface area contributed by atoms with Gasteiger partial charge in [0.15, 0.2) is 0 Å². The lowest BCUT2D eigenvalue weighted by molar-refractivity contribution is 0.0516. The Labute approximate surface area is 249 Å². The zero-order chi connectivity index (χ0) is 30.7. The van der Waals surface area contributed by atoms with Gasteiger partial charge in [0.2, 0.25) is 0 Å². The quantitative estimate of drug-likeness (QED) is 0.166. The molecule has 0 N–H and O–H groups in total. The predicted octanol–water partition coefficient (Wildman–Crippen LogP) is 6.78. The normalized spacial score (nSPS) is 12.5. The minimum Gasteiger partial charge on any atom is -0.462 e. The van der Waals surface area contributed by atoms with Gasteiger partial charge < -0.3 is 18.9 Å². The van der Waals surface area contributed by atoms with E-state index in [-0.39, 0.29) is 13.2 Å². The van der Waals surface area contributed by atoms with Crippen molar-refractivity contribution in [2.45, 2.75) is 33.1 Å². The second-order valence-electron chi connectivity index (χ2n) is 10.4. The van der Waals surface area contributed by atoms with E-state index in [1.807, 2.05) is 24.3 Å². The molecule has 0 unspecified atom stereocenters. The van der Waals surface area contributed by atoms with E-state index in [0.29, 0.717) is 33.8 Å². The molecule has 0 radical (unpaired) electrons. The van der Waals surface area contributed by atoms with Gasteiger partial charge in [-0.05, 0) is 109 Å². The lowest BCUT2D eigenvalue weighted by Gasteiger charge is -2.22. The van der Waals surface area contributed by atoms with E-state index < -0.39 is 29.3 Å². The van der Waals surface area contributed by atoms with Crippen LogP contribution in [0.1, 0.15) is 80.3 Å². The number of hydrogen-bond acceptors (Lipinski definition) is 8. The third-order valence-electron chi connectivity index (χ3n) is 7.30. The van der Waals surface area contributed by atoms with Crippen molar-refractivity contribution in [2.75, 3.05) is 13.2 Å². The monoisotopic (exact) mass is 578 g/mol. The average Bonchev–Trinajstić information content (AvgIpc) is 3.23. The van der Waals surface area contributed by atoms with E-state index >= 15 is 0 Å². The van der Waals surface area contributed by atoms with Crippen molar-refractivity contribution in [3.8, 4) is 22.6 Å². The molecule has 0 bridgehead atoms. The molecule has 0 saturated heterocycles. The van der Waals surface area contributed by atoms with Crippen molar-refractivity contribution < 1.29 is 38.1 Å².